The third-order valence-electron chi connectivity index (χ3n) is 2.21. The molecule has 1 N–H and O–H groups in total. The molecule has 6 nitrogen and oxygen atoms in total. The first-order valence-corrected chi connectivity index (χ1v) is 4.32. The molecule has 78 valence electrons. The van der Waals surface area contributed by atoms with Gasteiger partial charge in [0.1, 0.15) is 0 Å². The average molecular weight is 207 g/mol. The maximum absolute atomic E-state index is 11.6. The summed E-state index contributed by atoms with van der Waals surface area (Å²) in [5.41, 5.74) is 0.396. The van der Waals surface area contributed by atoms with Crippen LogP contribution in [-0.2, 0) is 4.79 Å². The van der Waals surface area contributed by atoms with Crippen molar-refractivity contribution in [2.75, 3.05) is 11.9 Å². The van der Waals surface area contributed by atoms with Crippen LogP contribution in [0, 0.1) is 0 Å². The third-order valence-corrected chi connectivity index (χ3v) is 2.21. The largest absolute Gasteiger partial charge is 0.365 e. The third kappa shape index (κ3) is 1.35. The Hall–Kier alpha value is -1.95. The summed E-state index contributed by atoms with van der Waals surface area (Å²) < 4.78 is 0. The summed E-state index contributed by atoms with van der Waals surface area (Å²) in [6, 6.07) is 2.67. The molecule has 1 saturated heterocycles. The first kappa shape index (κ1) is 9.60. The summed E-state index contributed by atoms with van der Waals surface area (Å²) in [6.45, 7) is 0. The molecule has 1 aliphatic rings. The molecular formula is C9H9N3O3. The van der Waals surface area contributed by atoms with Crippen LogP contribution in [0.2, 0.25) is 0 Å². The van der Waals surface area contributed by atoms with E-state index < -0.39 is 18.2 Å². The van der Waals surface area contributed by atoms with E-state index in [-0.39, 0.29) is 0 Å². The van der Waals surface area contributed by atoms with Crippen molar-refractivity contribution in [3.8, 4) is 0 Å². The second-order valence-electron chi connectivity index (χ2n) is 3.13. The number of rotatable bonds is 1. The molecule has 1 atom stereocenters. The van der Waals surface area contributed by atoms with Crippen molar-refractivity contribution in [2.45, 2.75) is 6.23 Å². The molecule has 0 radical (unpaired) electrons. The number of aromatic nitrogens is 1. The number of hydrogen-bond donors (Lipinski definition) is 1. The number of amides is 3. The van der Waals surface area contributed by atoms with Gasteiger partial charge in [0.2, 0.25) is 6.23 Å². The van der Waals surface area contributed by atoms with Gasteiger partial charge in [-0.2, -0.15) is 0 Å². The quantitative estimate of drug-likeness (QED) is 0.647. The van der Waals surface area contributed by atoms with E-state index in [9.17, 15) is 14.7 Å². The minimum atomic E-state index is -1.45. The Balaban J connectivity index is 2.39. The van der Waals surface area contributed by atoms with E-state index in [1.807, 2.05) is 0 Å². The lowest BCUT2D eigenvalue weighted by Gasteiger charge is -2.16. The number of carbonyl (C=O) groups is 2. The lowest BCUT2D eigenvalue weighted by Crippen LogP contribution is -2.34. The molecule has 1 aliphatic heterocycles. The molecule has 2 rings (SSSR count). The van der Waals surface area contributed by atoms with E-state index in [1.54, 1.807) is 18.3 Å². The molecule has 0 aromatic carbocycles. The maximum Gasteiger partial charge on any atom is 0.333 e. The van der Waals surface area contributed by atoms with Gasteiger partial charge in [-0.05, 0) is 12.1 Å². The van der Waals surface area contributed by atoms with Gasteiger partial charge in [-0.25, -0.2) is 4.79 Å². The van der Waals surface area contributed by atoms with Crippen molar-refractivity contribution in [3.05, 3.63) is 24.5 Å². The number of urea groups is 1. The number of hydrogen-bond acceptors (Lipinski definition) is 4. The Labute approximate surface area is 85.7 Å². The zero-order valence-electron chi connectivity index (χ0n) is 7.99. The van der Waals surface area contributed by atoms with E-state index in [1.165, 1.54) is 13.2 Å². The number of aliphatic hydroxyl groups excluding tert-OH is 1. The van der Waals surface area contributed by atoms with E-state index >= 15 is 0 Å². The SMILES string of the molecule is CN1C(=O)[C@H](O)N(c2cccnc2)C1=O. The molecule has 0 unspecified atom stereocenters. The van der Waals surface area contributed by atoms with Gasteiger partial charge < -0.3 is 5.11 Å². The van der Waals surface area contributed by atoms with Crippen molar-refractivity contribution >= 4 is 17.6 Å². The molecule has 1 aromatic heterocycles. The average Bonchev–Trinajstić information content (AvgIpc) is 2.45. The van der Waals surface area contributed by atoms with Gasteiger partial charge >= 0.3 is 6.03 Å². The molecule has 15 heavy (non-hydrogen) atoms. The summed E-state index contributed by atoms with van der Waals surface area (Å²) in [5, 5.41) is 9.54. The highest BCUT2D eigenvalue weighted by atomic mass is 16.3. The summed E-state index contributed by atoms with van der Waals surface area (Å²) in [6.07, 6.45) is 1.50. The Kier molecular flexibility index (Phi) is 2.12. The molecule has 1 fully saturated rings. The van der Waals surface area contributed by atoms with Crippen LogP contribution in [0.5, 0.6) is 0 Å². The van der Waals surface area contributed by atoms with Crippen LogP contribution in [0.25, 0.3) is 0 Å². The van der Waals surface area contributed by atoms with Gasteiger partial charge in [-0.15, -0.1) is 0 Å². The Morgan fingerprint density at radius 1 is 1.47 bits per heavy atom. The fraction of sp³-hybridized carbons (Fsp3) is 0.222. The molecular weight excluding hydrogens is 198 g/mol. The Morgan fingerprint density at radius 2 is 2.20 bits per heavy atom. The molecule has 0 bridgehead atoms. The first-order chi connectivity index (χ1) is 7.13. The van der Waals surface area contributed by atoms with Crippen LogP contribution in [0.1, 0.15) is 0 Å². The zero-order valence-corrected chi connectivity index (χ0v) is 7.99. The number of anilines is 1. The van der Waals surface area contributed by atoms with Crippen molar-refractivity contribution in [1.29, 1.82) is 0 Å². The predicted molar refractivity (Wildman–Crippen MR) is 50.9 cm³/mol. The Bertz CT molecular complexity index is 406. The summed E-state index contributed by atoms with van der Waals surface area (Å²) in [7, 11) is 1.32. The minimum absolute atomic E-state index is 0.396. The number of imide groups is 1. The topological polar surface area (TPSA) is 73.7 Å². The standard InChI is InChI=1S/C9H9N3O3/c1-11-7(13)8(14)12(9(11)15)6-3-2-4-10-5-6/h2-5,8,14H,1H3/t8-/m0/s1. The molecule has 0 spiro atoms. The molecule has 1 aromatic rings. The van der Waals surface area contributed by atoms with E-state index in [0.29, 0.717) is 5.69 Å². The van der Waals surface area contributed by atoms with Crippen molar-refractivity contribution in [2.24, 2.45) is 0 Å². The van der Waals surface area contributed by atoms with Gasteiger partial charge in [-0.1, -0.05) is 0 Å². The zero-order chi connectivity index (χ0) is 11.0. The van der Waals surface area contributed by atoms with E-state index in [2.05, 4.69) is 4.98 Å². The normalized spacial score (nSPS) is 21.3. The molecule has 6 heteroatoms. The highest BCUT2D eigenvalue weighted by Crippen LogP contribution is 2.22. The minimum Gasteiger partial charge on any atom is -0.365 e. The van der Waals surface area contributed by atoms with Crippen LogP contribution in [0.4, 0.5) is 10.5 Å². The van der Waals surface area contributed by atoms with Gasteiger partial charge in [0, 0.05) is 13.2 Å². The van der Waals surface area contributed by atoms with Crippen molar-refractivity contribution in [1.82, 2.24) is 9.88 Å². The maximum atomic E-state index is 11.6. The number of nitrogens with zero attached hydrogens (tertiary/aromatic N) is 3. The fourth-order valence-corrected chi connectivity index (χ4v) is 1.39. The summed E-state index contributed by atoms with van der Waals surface area (Å²) in [4.78, 5) is 28.5. The highest BCUT2D eigenvalue weighted by molar-refractivity contribution is 6.13. The van der Waals surface area contributed by atoms with Crippen molar-refractivity contribution in [3.63, 3.8) is 0 Å². The number of carbonyl (C=O) groups excluding carboxylic acids is 2. The van der Waals surface area contributed by atoms with Crippen LogP contribution >= 0.6 is 0 Å². The lowest BCUT2D eigenvalue weighted by atomic mass is 10.3. The molecule has 0 aliphatic carbocycles. The summed E-state index contributed by atoms with van der Waals surface area (Å²) in [5.74, 6) is -0.635. The van der Waals surface area contributed by atoms with E-state index in [0.717, 1.165) is 9.80 Å². The summed E-state index contributed by atoms with van der Waals surface area (Å²) >= 11 is 0. The van der Waals surface area contributed by atoms with Gasteiger partial charge in [0.25, 0.3) is 5.91 Å². The number of aliphatic hydroxyl groups is 1. The fourth-order valence-electron chi connectivity index (χ4n) is 1.39. The van der Waals surface area contributed by atoms with Gasteiger partial charge in [0.15, 0.2) is 0 Å². The van der Waals surface area contributed by atoms with Gasteiger partial charge in [0.05, 0.1) is 11.9 Å². The second-order valence-corrected chi connectivity index (χ2v) is 3.13. The van der Waals surface area contributed by atoms with Crippen molar-refractivity contribution < 1.29 is 14.7 Å². The Morgan fingerprint density at radius 3 is 2.67 bits per heavy atom. The second kappa shape index (κ2) is 3.32. The first-order valence-electron chi connectivity index (χ1n) is 4.32. The number of pyridine rings is 1. The molecule has 2 heterocycles. The molecule has 0 saturated carbocycles. The number of likely N-dealkylation sites (N-methyl/N-ethyl adjacent to an activating group) is 1. The predicted octanol–water partition coefficient (Wildman–Crippen LogP) is -0.202. The van der Waals surface area contributed by atoms with E-state index in [4.69, 9.17) is 0 Å². The smallest absolute Gasteiger partial charge is 0.333 e. The molecule has 3 amide bonds. The van der Waals surface area contributed by atoms with Gasteiger partial charge in [-0.3, -0.25) is 19.6 Å². The van der Waals surface area contributed by atoms with Crippen LogP contribution in [0.3, 0.4) is 0 Å². The van der Waals surface area contributed by atoms with Crippen LogP contribution < -0.4 is 4.90 Å². The van der Waals surface area contributed by atoms with Crippen LogP contribution in [0.15, 0.2) is 24.5 Å². The monoisotopic (exact) mass is 207 g/mol. The van der Waals surface area contributed by atoms with Crippen LogP contribution in [-0.4, -0.2) is 40.2 Å². The highest BCUT2D eigenvalue weighted by Gasteiger charge is 2.42. The lowest BCUT2D eigenvalue weighted by molar-refractivity contribution is -0.132.